The normalized spacial score (nSPS) is 14.4. The second-order valence-electron chi connectivity index (χ2n) is 9.89. The standard InChI is InChI=1S/C31H27F2N3O5/c32-18-9-10-23(33)22(17-18)26(27-29(37)21-6-2-4-8-25(21)41-30(27)38)28-20(19-5-1-3-7-24(19)35-28)11-12-34-31(39)36-13-15-40-16-14-36/h1-10,17,26,35,37H,11-16H2,(H,34,39). The molecule has 1 aliphatic rings. The van der Waals surface area contributed by atoms with Gasteiger partial charge < -0.3 is 29.5 Å². The van der Waals surface area contributed by atoms with E-state index >= 15 is 4.39 Å². The van der Waals surface area contributed by atoms with Crippen molar-refractivity contribution in [2.75, 3.05) is 32.8 Å². The number of fused-ring (bicyclic) bond motifs is 2. The summed E-state index contributed by atoms with van der Waals surface area (Å²) in [5.41, 5.74) is 0.688. The molecule has 210 valence electrons. The highest BCUT2D eigenvalue weighted by Gasteiger charge is 2.32. The lowest BCUT2D eigenvalue weighted by atomic mass is 9.85. The predicted octanol–water partition coefficient (Wildman–Crippen LogP) is 5.02. The lowest BCUT2D eigenvalue weighted by Crippen LogP contribution is -2.46. The average Bonchev–Trinajstić information content (AvgIpc) is 3.35. The molecule has 1 saturated heterocycles. The molecule has 3 aromatic carbocycles. The van der Waals surface area contributed by atoms with Gasteiger partial charge in [0.2, 0.25) is 0 Å². The summed E-state index contributed by atoms with van der Waals surface area (Å²) in [6.45, 7) is 2.16. The van der Waals surface area contributed by atoms with Gasteiger partial charge in [0.25, 0.3) is 0 Å². The van der Waals surface area contributed by atoms with E-state index < -0.39 is 23.2 Å². The third-order valence-electron chi connectivity index (χ3n) is 7.46. The van der Waals surface area contributed by atoms with Crippen LogP contribution in [0.3, 0.4) is 0 Å². The van der Waals surface area contributed by atoms with Gasteiger partial charge in [-0.25, -0.2) is 18.4 Å². The van der Waals surface area contributed by atoms with Crippen molar-refractivity contribution in [3.05, 3.63) is 111 Å². The second kappa shape index (κ2) is 11.1. The summed E-state index contributed by atoms with van der Waals surface area (Å²) >= 11 is 0. The maximum absolute atomic E-state index is 15.5. The first-order chi connectivity index (χ1) is 19.9. The van der Waals surface area contributed by atoms with Crippen LogP contribution in [0.25, 0.3) is 21.9 Å². The van der Waals surface area contributed by atoms with Crippen molar-refractivity contribution in [3.63, 3.8) is 0 Å². The number of rotatable bonds is 6. The summed E-state index contributed by atoms with van der Waals surface area (Å²) in [5.74, 6) is -3.08. The number of hydrogen-bond acceptors (Lipinski definition) is 5. The SMILES string of the molecule is O=C(NCCc1c(C(c2cc(F)ccc2F)c2c(O)c3ccccc3oc2=O)[nH]c2ccccc12)N1CCOCC1. The summed E-state index contributed by atoms with van der Waals surface area (Å²) < 4.78 is 40.9. The number of halogens is 2. The van der Waals surface area contributed by atoms with Crippen molar-refractivity contribution >= 4 is 27.9 Å². The van der Waals surface area contributed by atoms with E-state index in [0.717, 1.165) is 23.6 Å². The van der Waals surface area contributed by atoms with Gasteiger partial charge in [0.15, 0.2) is 0 Å². The molecule has 2 amide bonds. The number of aromatic hydroxyl groups is 1. The minimum atomic E-state index is -1.25. The number of nitrogens with one attached hydrogen (secondary N) is 2. The van der Waals surface area contributed by atoms with E-state index in [9.17, 15) is 19.1 Å². The Kier molecular flexibility index (Phi) is 7.15. The summed E-state index contributed by atoms with van der Waals surface area (Å²) in [4.78, 5) is 31.1. The molecule has 0 bridgehead atoms. The summed E-state index contributed by atoms with van der Waals surface area (Å²) in [7, 11) is 0. The molecule has 5 aromatic rings. The molecule has 3 heterocycles. The number of urea groups is 1. The Morgan fingerprint density at radius 1 is 1.02 bits per heavy atom. The molecule has 10 heteroatoms. The van der Waals surface area contributed by atoms with Crippen LogP contribution in [-0.2, 0) is 11.2 Å². The molecule has 1 atom stereocenters. The first-order valence-corrected chi connectivity index (χ1v) is 13.3. The molecule has 0 radical (unpaired) electrons. The van der Waals surface area contributed by atoms with Gasteiger partial charge in [-0.15, -0.1) is 0 Å². The Morgan fingerprint density at radius 2 is 1.76 bits per heavy atom. The molecule has 8 nitrogen and oxygen atoms in total. The third kappa shape index (κ3) is 5.02. The highest BCUT2D eigenvalue weighted by Crippen LogP contribution is 2.42. The minimum absolute atomic E-state index is 0.145. The molecular weight excluding hydrogens is 532 g/mol. The van der Waals surface area contributed by atoms with Crippen molar-refractivity contribution in [3.8, 4) is 5.75 Å². The van der Waals surface area contributed by atoms with E-state index in [4.69, 9.17) is 9.15 Å². The Labute approximate surface area is 233 Å². The molecule has 0 saturated carbocycles. The summed E-state index contributed by atoms with van der Waals surface area (Å²) in [6.07, 6.45) is 0.308. The van der Waals surface area contributed by atoms with Crippen LogP contribution in [0.15, 0.2) is 75.9 Å². The highest BCUT2D eigenvalue weighted by molar-refractivity contribution is 5.87. The fourth-order valence-electron chi connectivity index (χ4n) is 5.50. The number of morpholine rings is 1. The van der Waals surface area contributed by atoms with Crippen LogP contribution in [0.4, 0.5) is 13.6 Å². The second-order valence-corrected chi connectivity index (χ2v) is 9.89. The molecule has 6 rings (SSSR count). The van der Waals surface area contributed by atoms with Crippen molar-refractivity contribution in [2.24, 2.45) is 0 Å². The third-order valence-corrected chi connectivity index (χ3v) is 7.46. The number of para-hydroxylation sites is 2. The number of carbonyl (C=O) groups excluding carboxylic acids is 1. The number of benzene rings is 3. The first kappa shape index (κ1) is 26.5. The fourth-order valence-corrected chi connectivity index (χ4v) is 5.50. The predicted molar refractivity (Wildman–Crippen MR) is 149 cm³/mol. The zero-order chi connectivity index (χ0) is 28.5. The quantitative estimate of drug-likeness (QED) is 0.253. The number of amides is 2. The Morgan fingerprint density at radius 3 is 2.56 bits per heavy atom. The van der Waals surface area contributed by atoms with Crippen LogP contribution >= 0.6 is 0 Å². The van der Waals surface area contributed by atoms with E-state index in [1.165, 1.54) is 0 Å². The van der Waals surface area contributed by atoms with E-state index in [1.807, 2.05) is 24.3 Å². The van der Waals surface area contributed by atoms with Gasteiger partial charge in [0.1, 0.15) is 23.0 Å². The Hall–Kier alpha value is -4.70. The number of aromatic nitrogens is 1. The fraction of sp³-hybridized carbons (Fsp3) is 0.226. The monoisotopic (exact) mass is 559 g/mol. The molecule has 1 aliphatic heterocycles. The van der Waals surface area contributed by atoms with E-state index in [2.05, 4.69) is 10.3 Å². The molecular formula is C31H27F2N3O5. The van der Waals surface area contributed by atoms with Gasteiger partial charge >= 0.3 is 11.7 Å². The maximum Gasteiger partial charge on any atom is 0.344 e. The average molecular weight is 560 g/mol. The van der Waals surface area contributed by atoms with Gasteiger partial charge in [-0.05, 0) is 48.4 Å². The molecule has 2 aromatic heterocycles. The van der Waals surface area contributed by atoms with Crippen LogP contribution in [0.2, 0.25) is 0 Å². The molecule has 0 spiro atoms. The van der Waals surface area contributed by atoms with E-state index in [0.29, 0.717) is 49.5 Å². The van der Waals surface area contributed by atoms with Crippen molar-refractivity contribution < 1.29 is 27.8 Å². The van der Waals surface area contributed by atoms with Crippen molar-refractivity contribution in [1.29, 1.82) is 0 Å². The zero-order valence-corrected chi connectivity index (χ0v) is 22.0. The van der Waals surface area contributed by atoms with E-state index in [-0.39, 0.29) is 40.4 Å². The van der Waals surface area contributed by atoms with Gasteiger partial charge in [-0.2, -0.15) is 0 Å². The van der Waals surface area contributed by atoms with E-state index in [1.54, 1.807) is 29.2 Å². The summed E-state index contributed by atoms with van der Waals surface area (Å²) in [5, 5.41) is 15.4. The van der Waals surface area contributed by atoms with Gasteiger partial charge in [0, 0.05) is 41.8 Å². The first-order valence-electron chi connectivity index (χ1n) is 13.3. The van der Waals surface area contributed by atoms with Gasteiger partial charge in [-0.3, -0.25) is 0 Å². The topological polar surface area (TPSA) is 108 Å². The zero-order valence-electron chi connectivity index (χ0n) is 22.0. The van der Waals surface area contributed by atoms with Crippen LogP contribution < -0.4 is 10.9 Å². The highest BCUT2D eigenvalue weighted by atomic mass is 19.1. The van der Waals surface area contributed by atoms with Crippen molar-refractivity contribution in [1.82, 2.24) is 15.2 Å². The van der Waals surface area contributed by atoms with Gasteiger partial charge in [0.05, 0.1) is 30.1 Å². The lowest BCUT2D eigenvalue weighted by Gasteiger charge is -2.27. The van der Waals surface area contributed by atoms with Gasteiger partial charge in [-0.1, -0.05) is 30.3 Å². The number of hydrogen-bond donors (Lipinski definition) is 3. The number of aromatic amines is 1. The van der Waals surface area contributed by atoms with Crippen LogP contribution in [0.1, 0.15) is 28.3 Å². The molecule has 1 fully saturated rings. The number of H-pyrrole nitrogens is 1. The van der Waals surface area contributed by atoms with Crippen molar-refractivity contribution in [2.45, 2.75) is 12.3 Å². The molecule has 1 unspecified atom stereocenters. The maximum atomic E-state index is 15.5. The number of ether oxygens (including phenoxy) is 1. The minimum Gasteiger partial charge on any atom is -0.507 e. The lowest BCUT2D eigenvalue weighted by molar-refractivity contribution is 0.0533. The van der Waals surface area contributed by atoms with Crippen LogP contribution in [0.5, 0.6) is 5.75 Å². The number of nitrogens with zero attached hydrogens (tertiary/aromatic N) is 1. The van der Waals surface area contributed by atoms with Crippen LogP contribution in [-0.4, -0.2) is 53.9 Å². The Balaban J connectivity index is 1.50. The largest absolute Gasteiger partial charge is 0.507 e. The smallest absolute Gasteiger partial charge is 0.344 e. The number of carbonyl (C=O) groups is 1. The van der Waals surface area contributed by atoms with Crippen LogP contribution in [0, 0.1) is 11.6 Å². The molecule has 3 N–H and O–H groups in total. The Bertz CT molecular complexity index is 1810. The molecule has 0 aliphatic carbocycles. The molecule has 41 heavy (non-hydrogen) atoms. The summed E-state index contributed by atoms with van der Waals surface area (Å²) in [6, 6.07) is 16.6.